The predicted octanol–water partition coefficient (Wildman–Crippen LogP) is -0.304. The summed E-state index contributed by atoms with van der Waals surface area (Å²) >= 11 is 0. The summed E-state index contributed by atoms with van der Waals surface area (Å²) in [6.45, 7) is 5.76. The van der Waals surface area contributed by atoms with Crippen LogP contribution >= 0.6 is 0 Å². The minimum absolute atomic E-state index is 0.139. The Morgan fingerprint density at radius 2 is 1.38 bits per heavy atom. The first-order valence-electron chi connectivity index (χ1n) is 9.17. The normalized spacial score (nSPS) is 13.2. The third kappa shape index (κ3) is 23.5. The lowest BCUT2D eigenvalue weighted by Crippen LogP contribution is -2.28. The van der Waals surface area contributed by atoms with Crippen LogP contribution in [0.4, 0.5) is 0 Å². The Balaban J connectivity index is -0.000000345. The Morgan fingerprint density at radius 3 is 1.62 bits per heavy atom. The minimum atomic E-state index is -0.449. The number of nitrogens with two attached hydrogens (primary N) is 4. The van der Waals surface area contributed by atoms with E-state index in [0.29, 0.717) is 31.2 Å². The van der Waals surface area contributed by atoms with Crippen molar-refractivity contribution in [3.05, 3.63) is 29.8 Å². The third-order valence-electron chi connectivity index (χ3n) is 3.35. The molecule has 1 aromatic carbocycles. The molecule has 1 aromatic rings. The number of hydrogen-bond acceptors (Lipinski definition) is 9. The Morgan fingerprint density at radius 1 is 0.931 bits per heavy atom. The second kappa shape index (κ2) is 21.8. The van der Waals surface area contributed by atoms with Crippen LogP contribution < -0.4 is 22.9 Å². The van der Waals surface area contributed by atoms with Crippen molar-refractivity contribution < 1.29 is 24.3 Å². The highest BCUT2D eigenvalue weighted by Gasteiger charge is 2.07. The zero-order valence-corrected chi connectivity index (χ0v) is 17.4. The molecule has 0 aliphatic rings. The molecule has 166 valence electrons. The molecule has 0 spiro atoms. The van der Waals surface area contributed by atoms with Crippen LogP contribution in [-0.2, 0) is 25.6 Å². The second-order valence-electron chi connectivity index (χ2n) is 6.17. The van der Waals surface area contributed by atoms with Crippen LogP contribution in [0.15, 0.2) is 24.3 Å². The van der Waals surface area contributed by atoms with Crippen LogP contribution in [0.5, 0.6) is 5.75 Å². The van der Waals surface area contributed by atoms with Crippen molar-refractivity contribution in [2.24, 2.45) is 28.9 Å². The van der Waals surface area contributed by atoms with Crippen molar-refractivity contribution in [2.75, 3.05) is 6.54 Å². The lowest BCUT2D eigenvalue weighted by atomic mass is 10.0. The molecule has 1 rings (SSSR count). The van der Waals surface area contributed by atoms with Gasteiger partial charge >= 0.3 is 0 Å². The summed E-state index contributed by atoms with van der Waals surface area (Å²) in [6, 6.07) is 5.64. The highest BCUT2D eigenvalue weighted by atomic mass is 16.3. The molecule has 0 amide bonds. The Bertz CT molecular complexity index is 538. The van der Waals surface area contributed by atoms with Gasteiger partial charge in [-0.05, 0) is 37.0 Å². The number of phenols is 1. The van der Waals surface area contributed by atoms with E-state index < -0.39 is 6.04 Å². The Labute approximate surface area is 172 Å². The largest absolute Gasteiger partial charge is 0.508 e. The molecule has 0 saturated carbocycles. The van der Waals surface area contributed by atoms with E-state index in [1.165, 1.54) is 0 Å². The van der Waals surface area contributed by atoms with Gasteiger partial charge in [-0.1, -0.05) is 32.4 Å². The van der Waals surface area contributed by atoms with Crippen LogP contribution in [0.2, 0.25) is 0 Å². The zero-order chi connectivity index (χ0) is 23.2. The second-order valence-corrected chi connectivity index (χ2v) is 6.17. The lowest BCUT2D eigenvalue weighted by Gasteiger charge is -2.09. The van der Waals surface area contributed by atoms with Crippen molar-refractivity contribution >= 4 is 25.1 Å². The van der Waals surface area contributed by atoms with Crippen molar-refractivity contribution in [3.63, 3.8) is 0 Å². The van der Waals surface area contributed by atoms with Gasteiger partial charge in [0, 0.05) is 6.54 Å². The number of carbonyl (C=O) groups is 4. The number of hydrogen-bond donors (Lipinski definition) is 5. The molecule has 0 unspecified atom stereocenters. The van der Waals surface area contributed by atoms with Gasteiger partial charge in [0.15, 0.2) is 0 Å². The van der Waals surface area contributed by atoms with Gasteiger partial charge in [0.25, 0.3) is 0 Å². The molecule has 29 heavy (non-hydrogen) atoms. The quantitative estimate of drug-likeness (QED) is 0.356. The molecule has 0 aromatic heterocycles. The highest BCUT2D eigenvalue weighted by Crippen LogP contribution is 2.10. The monoisotopic (exact) mass is 412 g/mol. The molecule has 0 saturated heterocycles. The van der Waals surface area contributed by atoms with E-state index in [1.807, 2.05) is 13.8 Å². The van der Waals surface area contributed by atoms with Gasteiger partial charge in [0.05, 0.1) is 18.1 Å². The number of aromatic hydroxyl groups is 1. The van der Waals surface area contributed by atoms with Crippen molar-refractivity contribution in [1.29, 1.82) is 0 Å². The molecule has 0 heterocycles. The van der Waals surface area contributed by atoms with Gasteiger partial charge < -0.3 is 47.2 Å². The van der Waals surface area contributed by atoms with Gasteiger partial charge in [-0.3, -0.25) is 0 Å². The fraction of sp³-hybridized carbons (Fsp3) is 0.500. The Hall–Kier alpha value is -2.46. The van der Waals surface area contributed by atoms with E-state index in [-0.39, 0.29) is 24.4 Å². The zero-order valence-electron chi connectivity index (χ0n) is 17.4. The number of benzene rings is 1. The SMILES string of the molecule is CC[C@@H](C)[C@@H](N)C=O.C[C@@H](N)C=O.NCC=O.N[C@@H](C=O)Cc1ccc(O)cc1. The average Bonchev–Trinajstić information content (AvgIpc) is 2.74. The van der Waals surface area contributed by atoms with Crippen LogP contribution in [0.1, 0.15) is 32.8 Å². The molecule has 9 heteroatoms. The molecular formula is C20H36N4O5. The van der Waals surface area contributed by atoms with Crippen LogP contribution in [0.25, 0.3) is 0 Å². The maximum absolute atomic E-state index is 10.2. The summed E-state index contributed by atoms with van der Waals surface area (Å²) < 4.78 is 0. The van der Waals surface area contributed by atoms with E-state index >= 15 is 0 Å². The van der Waals surface area contributed by atoms with E-state index in [0.717, 1.165) is 18.3 Å². The molecular weight excluding hydrogens is 376 g/mol. The first-order chi connectivity index (χ1) is 13.6. The average molecular weight is 413 g/mol. The summed E-state index contributed by atoms with van der Waals surface area (Å²) in [7, 11) is 0. The van der Waals surface area contributed by atoms with Crippen LogP contribution in [-0.4, -0.2) is 54.9 Å². The molecule has 9 N–H and O–H groups in total. The first-order valence-corrected chi connectivity index (χ1v) is 9.17. The molecule has 0 bridgehead atoms. The van der Waals surface area contributed by atoms with Crippen LogP contribution in [0, 0.1) is 5.92 Å². The summed E-state index contributed by atoms with van der Waals surface area (Å²) in [6.07, 6.45) is 4.35. The highest BCUT2D eigenvalue weighted by molar-refractivity contribution is 5.58. The van der Waals surface area contributed by atoms with E-state index in [9.17, 15) is 14.4 Å². The Kier molecular flexibility index (Phi) is 23.5. The molecule has 0 aliphatic carbocycles. The topological polar surface area (TPSA) is 193 Å². The molecule has 0 fully saturated rings. The van der Waals surface area contributed by atoms with Gasteiger partial charge in [0.2, 0.25) is 0 Å². The molecule has 0 aliphatic heterocycles. The fourth-order valence-electron chi connectivity index (χ4n) is 1.36. The van der Waals surface area contributed by atoms with Gasteiger partial charge in [-0.15, -0.1) is 0 Å². The number of phenolic OH excluding ortho intramolecular Hbond substituents is 1. The summed E-state index contributed by atoms with van der Waals surface area (Å²) in [5.41, 5.74) is 21.3. The smallest absolute Gasteiger partial charge is 0.137 e. The predicted molar refractivity (Wildman–Crippen MR) is 114 cm³/mol. The van der Waals surface area contributed by atoms with Gasteiger partial charge in [-0.25, -0.2) is 0 Å². The van der Waals surface area contributed by atoms with Crippen molar-refractivity contribution in [2.45, 2.75) is 51.7 Å². The molecule has 0 radical (unpaired) electrons. The van der Waals surface area contributed by atoms with Gasteiger partial charge in [-0.2, -0.15) is 0 Å². The minimum Gasteiger partial charge on any atom is -0.508 e. The summed E-state index contributed by atoms with van der Waals surface area (Å²) in [5, 5.41) is 8.95. The van der Waals surface area contributed by atoms with E-state index in [4.69, 9.17) is 27.1 Å². The van der Waals surface area contributed by atoms with E-state index in [1.54, 1.807) is 31.2 Å². The summed E-state index contributed by atoms with van der Waals surface area (Å²) in [5.74, 6) is 0.547. The molecule has 4 atom stereocenters. The number of aldehydes is 4. The molecule has 9 nitrogen and oxygen atoms in total. The first kappa shape index (κ1) is 31.2. The lowest BCUT2D eigenvalue weighted by molar-refractivity contribution is -0.110. The van der Waals surface area contributed by atoms with E-state index in [2.05, 4.69) is 5.73 Å². The standard InChI is InChI=1S/C9H11NO2.C6H13NO.C3H7NO.C2H5NO/c10-8(6-11)5-7-1-3-9(12)4-2-7;1-3-5(2)6(7)4-8;1-3(4)2-5;3-1-2-4/h1-4,6,8,12H,5,10H2;4-6H,3,7H2,1-2H3;2-3H,4H2,1H3;2H,1,3H2/t8-;5-,6+;3-;/m111./s1. The van der Waals surface area contributed by atoms with Crippen LogP contribution in [0.3, 0.4) is 0 Å². The third-order valence-corrected chi connectivity index (χ3v) is 3.35. The fourth-order valence-corrected chi connectivity index (χ4v) is 1.36. The maximum Gasteiger partial charge on any atom is 0.137 e. The van der Waals surface area contributed by atoms with Gasteiger partial charge in [0.1, 0.15) is 30.9 Å². The maximum atomic E-state index is 10.2. The number of carbonyl (C=O) groups excluding carboxylic acids is 4. The van der Waals surface area contributed by atoms with Crippen molar-refractivity contribution in [3.8, 4) is 5.75 Å². The van der Waals surface area contributed by atoms with Crippen molar-refractivity contribution in [1.82, 2.24) is 0 Å². The summed E-state index contributed by atoms with van der Waals surface area (Å²) in [4.78, 5) is 38.6. The number of rotatable bonds is 8.